The Bertz CT molecular complexity index is 497. The van der Waals surface area contributed by atoms with Crippen LogP contribution in [-0.4, -0.2) is 29.6 Å². The molecule has 1 aromatic rings. The lowest BCUT2D eigenvalue weighted by molar-refractivity contribution is -0.130. The Morgan fingerprint density at radius 3 is 2.89 bits per heavy atom. The molecule has 0 spiro atoms. The minimum Gasteiger partial charge on any atom is -0.384 e. The molecule has 0 saturated carbocycles. The van der Waals surface area contributed by atoms with Crippen LogP contribution in [0.25, 0.3) is 0 Å². The van der Waals surface area contributed by atoms with E-state index in [1.807, 2.05) is 12.1 Å². The SMILES string of the molecule is CC(O)C(=O)N1C(=O)Cc2cc(CCN)ccc21. The normalized spacial score (nSPS) is 15.7. The number of rotatable bonds is 3. The number of hydrogen-bond acceptors (Lipinski definition) is 4. The van der Waals surface area contributed by atoms with Gasteiger partial charge in [-0.3, -0.25) is 9.59 Å². The zero-order valence-corrected chi connectivity index (χ0v) is 10.2. The fourth-order valence-electron chi connectivity index (χ4n) is 2.13. The number of imide groups is 1. The number of carbonyl (C=O) groups excluding carboxylic acids is 2. The van der Waals surface area contributed by atoms with Gasteiger partial charge in [0.2, 0.25) is 5.91 Å². The second-order valence-corrected chi connectivity index (χ2v) is 4.42. The molecule has 0 aromatic heterocycles. The predicted octanol–water partition coefficient (Wildman–Crippen LogP) is -0.0157. The number of benzene rings is 1. The Morgan fingerprint density at radius 1 is 1.56 bits per heavy atom. The van der Waals surface area contributed by atoms with Gasteiger partial charge in [0.25, 0.3) is 5.91 Å². The highest BCUT2D eigenvalue weighted by atomic mass is 16.3. The highest BCUT2D eigenvalue weighted by Crippen LogP contribution is 2.30. The first-order valence-electron chi connectivity index (χ1n) is 5.91. The second kappa shape index (κ2) is 4.88. The molecule has 1 aliphatic heterocycles. The average molecular weight is 248 g/mol. The molecule has 1 heterocycles. The van der Waals surface area contributed by atoms with Crippen molar-refractivity contribution in [2.75, 3.05) is 11.4 Å². The summed E-state index contributed by atoms with van der Waals surface area (Å²) in [6.45, 7) is 1.90. The second-order valence-electron chi connectivity index (χ2n) is 4.42. The van der Waals surface area contributed by atoms with Crippen LogP contribution in [0.15, 0.2) is 18.2 Å². The van der Waals surface area contributed by atoms with Crippen LogP contribution in [0.3, 0.4) is 0 Å². The minimum absolute atomic E-state index is 0.201. The maximum atomic E-state index is 11.8. The van der Waals surface area contributed by atoms with E-state index < -0.39 is 12.0 Å². The Morgan fingerprint density at radius 2 is 2.28 bits per heavy atom. The van der Waals surface area contributed by atoms with Crippen molar-refractivity contribution in [2.45, 2.75) is 25.9 Å². The molecule has 1 atom stereocenters. The number of anilines is 1. The summed E-state index contributed by atoms with van der Waals surface area (Å²) < 4.78 is 0. The van der Waals surface area contributed by atoms with Crippen LogP contribution in [0.2, 0.25) is 0 Å². The lowest BCUT2D eigenvalue weighted by atomic mass is 10.1. The van der Waals surface area contributed by atoms with Crippen molar-refractivity contribution in [3.8, 4) is 0 Å². The van der Waals surface area contributed by atoms with E-state index in [1.54, 1.807) is 6.07 Å². The van der Waals surface area contributed by atoms with Crippen molar-refractivity contribution in [1.29, 1.82) is 0 Å². The molecular weight excluding hydrogens is 232 g/mol. The van der Waals surface area contributed by atoms with Gasteiger partial charge >= 0.3 is 0 Å². The fourth-order valence-corrected chi connectivity index (χ4v) is 2.13. The minimum atomic E-state index is -1.18. The number of aliphatic hydroxyl groups is 1. The molecular formula is C13H16N2O3. The van der Waals surface area contributed by atoms with Crippen LogP contribution in [0.4, 0.5) is 5.69 Å². The van der Waals surface area contributed by atoms with E-state index in [0.29, 0.717) is 12.2 Å². The number of fused-ring (bicyclic) bond motifs is 1. The quantitative estimate of drug-likeness (QED) is 0.787. The maximum Gasteiger partial charge on any atom is 0.262 e. The molecule has 0 aliphatic carbocycles. The van der Waals surface area contributed by atoms with E-state index in [4.69, 9.17) is 5.73 Å². The van der Waals surface area contributed by atoms with Gasteiger partial charge in [-0.2, -0.15) is 0 Å². The molecule has 2 amide bonds. The number of aliphatic hydroxyl groups excluding tert-OH is 1. The summed E-state index contributed by atoms with van der Waals surface area (Å²) in [5.41, 5.74) is 7.93. The van der Waals surface area contributed by atoms with E-state index in [0.717, 1.165) is 22.4 Å². The van der Waals surface area contributed by atoms with Crippen molar-refractivity contribution in [2.24, 2.45) is 5.73 Å². The summed E-state index contributed by atoms with van der Waals surface area (Å²) in [6, 6.07) is 5.49. The van der Waals surface area contributed by atoms with Crippen molar-refractivity contribution < 1.29 is 14.7 Å². The molecule has 1 aromatic carbocycles. The van der Waals surface area contributed by atoms with Gasteiger partial charge in [0.05, 0.1) is 12.1 Å². The number of nitrogens with zero attached hydrogens (tertiary/aromatic N) is 1. The first-order chi connectivity index (χ1) is 8.54. The molecule has 3 N–H and O–H groups in total. The smallest absolute Gasteiger partial charge is 0.262 e. The lowest BCUT2D eigenvalue weighted by Gasteiger charge is -2.17. The summed E-state index contributed by atoms with van der Waals surface area (Å²) in [4.78, 5) is 24.6. The Labute approximate surface area is 105 Å². The number of hydrogen-bond donors (Lipinski definition) is 2. The van der Waals surface area contributed by atoms with Crippen molar-refractivity contribution in [3.63, 3.8) is 0 Å². The first-order valence-corrected chi connectivity index (χ1v) is 5.91. The molecule has 2 rings (SSSR count). The number of amides is 2. The Hall–Kier alpha value is -1.72. The molecule has 5 heteroatoms. The molecule has 0 saturated heterocycles. The molecule has 18 heavy (non-hydrogen) atoms. The third-order valence-electron chi connectivity index (χ3n) is 2.99. The van der Waals surface area contributed by atoms with Gasteiger partial charge in [-0.1, -0.05) is 12.1 Å². The molecule has 1 aliphatic rings. The van der Waals surface area contributed by atoms with Crippen LogP contribution >= 0.6 is 0 Å². The summed E-state index contributed by atoms with van der Waals surface area (Å²) in [7, 11) is 0. The van der Waals surface area contributed by atoms with Gasteiger partial charge in [-0.15, -0.1) is 0 Å². The molecule has 96 valence electrons. The van der Waals surface area contributed by atoms with Gasteiger partial charge in [0.1, 0.15) is 6.10 Å². The van der Waals surface area contributed by atoms with Gasteiger partial charge in [0.15, 0.2) is 0 Å². The van der Waals surface area contributed by atoms with Crippen LogP contribution in [0.1, 0.15) is 18.1 Å². The monoisotopic (exact) mass is 248 g/mol. The van der Waals surface area contributed by atoms with Gasteiger partial charge in [-0.25, -0.2) is 4.90 Å². The molecule has 1 unspecified atom stereocenters. The fraction of sp³-hybridized carbons (Fsp3) is 0.385. The predicted molar refractivity (Wildman–Crippen MR) is 67.1 cm³/mol. The van der Waals surface area contributed by atoms with Gasteiger partial charge in [-0.05, 0) is 37.1 Å². The van der Waals surface area contributed by atoms with Crippen molar-refractivity contribution in [3.05, 3.63) is 29.3 Å². The Kier molecular flexibility index (Phi) is 3.45. The van der Waals surface area contributed by atoms with E-state index in [1.165, 1.54) is 6.92 Å². The van der Waals surface area contributed by atoms with Crippen LogP contribution < -0.4 is 10.6 Å². The average Bonchev–Trinajstić information content (AvgIpc) is 2.63. The zero-order valence-electron chi connectivity index (χ0n) is 10.2. The van der Waals surface area contributed by atoms with E-state index in [2.05, 4.69) is 0 Å². The largest absolute Gasteiger partial charge is 0.384 e. The molecule has 0 radical (unpaired) electrons. The lowest BCUT2D eigenvalue weighted by Crippen LogP contribution is -2.39. The highest BCUT2D eigenvalue weighted by molar-refractivity contribution is 6.20. The van der Waals surface area contributed by atoms with Gasteiger partial charge in [0, 0.05) is 0 Å². The molecule has 5 nitrogen and oxygen atoms in total. The van der Waals surface area contributed by atoms with Crippen molar-refractivity contribution >= 4 is 17.5 Å². The van der Waals surface area contributed by atoms with Crippen molar-refractivity contribution in [1.82, 2.24) is 0 Å². The topological polar surface area (TPSA) is 83.6 Å². The zero-order chi connectivity index (χ0) is 13.3. The molecule has 0 fully saturated rings. The van der Waals surface area contributed by atoms with E-state index >= 15 is 0 Å². The standard InChI is InChI=1S/C13H16N2O3/c1-8(16)13(18)15-11-3-2-9(4-5-14)6-10(11)7-12(15)17/h2-3,6,8,16H,4-5,7,14H2,1H3. The summed E-state index contributed by atoms with van der Waals surface area (Å²) in [6.07, 6.45) is -0.235. The van der Waals surface area contributed by atoms with Crippen LogP contribution in [0, 0.1) is 0 Å². The summed E-state index contributed by atoms with van der Waals surface area (Å²) >= 11 is 0. The Balaban J connectivity index is 2.35. The third-order valence-corrected chi connectivity index (χ3v) is 2.99. The van der Waals surface area contributed by atoms with Crippen LogP contribution in [0.5, 0.6) is 0 Å². The number of nitrogens with two attached hydrogens (primary N) is 1. The first kappa shape index (κ1) is 12.7. The maximum absolute atomic E-state index is 11.8. The summed E-state index contributed by atoms with van der Waals surface area (Å²) in [5, 5.41) is 9.30. The van der Waals surface area contributed by atoms with E-state index in [9.17, 15) is 14.7 Å². The van der Waals surface area contributed by atoms with Crippen LogP contribution in [-0.2, 0) is 22.4 Å². The third kappa shape index (κ3) is 2.14. The van der Waals surface area contributed by atoms with Gasteiger partial charge < -0.3 is 10.8 Å². The molecule has 0 bridgehead atoms. The number of carbonyl (C=O) groups is 2. The highest BCUT2D eigenvalue weighted by Gasteiger charge is 2.34. The van der Waals surface area contributed by atoms with E-state index in [-0.39, 0.29) is 12.3 Å². The summed E-state index contributed by atoms with van der Waals surface area (Å²) in [5.74, 6) is -0.869.